The summed E-state index contributed by atoms with van der Waals surface area (Å²) in [6.07, 6.45) is -19.8. The maximum Gasteiger partial charge on any atom is 0.321 e. The van der Waals surface area contributed by atoms with Crippen molar-refractivity contribution in [3.8, 4) is 11.9 Å². The zero-order chi connectivity index (χ0) is 56.9. The van der Waals surface area contributed by atoms with Crippen molar-refractivity contribution in [1.29, 1.82) is 5.41 Å². The van der Waals surface area contributed by atoms with Gasteiger partial charge in [0.25, 0.3) is 15.9 Å². The number of hydrogen-bond acceptors (Lipinski definition) is 30. The number of halogens is 1. The molecular formula is C40H65ClN16O18S. The number of benzene rings is 1. The first-order valence-corrected chi connectivity index (χ1v) is 24.4. The van der Waals surface area contributed by atoms with Crippen molar-refractivity contribution in [2.24, 2.45) is 28.7 Å². The van der Waals surface area contributed by atoms with Crippen molar-refractivity contribution < 1.29 is 87.3 Å². The Kier molecular flexibility index (Phi) is 23.1. The molecule has 0 spiro atoms. The molecule has 0 radical (unpaired) electrons. The normalized spacial score (nSPS) is 29.7. The van der Waals surface area contributed by atoms with Gasteiger partial charge in [0.1, 0.15) is 67.1 Å². The van der Waals surface area contributed by atoms with Crippen LogP contribution in [0.2, 0.25) is 5.15 Å². The average Bonchev–Trinajstić information content (AvgIpc) is 3.37. The first-order chi connectivity index (χ1) is 35.7. The van der Waals surface area contributed by atoms with Gasteiger partial charge in [0.05, 0.1) is 37.8 Å². The fraction of sp³-hybridized carbons (Fsp3) is 0.575. The Morgan fingerprint density at radius 1 is 0.842 bits per heavy atom. The second-order valence-corrected chi connectivity index (χ2v) is 18.8. The standard InChI is InChI=1S/C22H43N5O13.C12H14N4O4S.C6H8ClN7O/c23-2-1-8(29)20(36)27-7-3-6(25)18(39-22-16(34)15(33)13(31)9(4-24)37-22)17(35)19(7)40-21-14(32)11(26)12(30)10(5-28)38-21;1-19-11-7-10(14-12(15-11)20-2)16-21(17,18)9-5-3-8(13)4-6-9;7-2-4(9)13-3(8)1(12-2)5(15)14-6(10)11/h6-19,21-22,28-35H,1-5,23-26H2,(H,27,36);3-7H,13H2,1-2H3,(H,14,15,16);(H4,8,9,13)(H4,10,11,14,15)/t6-,7+,8-,9+,10+,11-,12+,13+,14+,15-,16+,17-,18+,19-,21+,22+;;/m0../s1. The molecule has 3 aliphatic rings. The van der Waals surface area contributed by atoms with Crippen LogP contribution >= 0.6 is 11.6 Å². The first-order valence-electron chi connectivity index (χ1n) is 22.5. The molecule has 2 aromatic heterocycles. The Balaban J connectivity index is 0.000000286. The highest BCUT2D eigenvalue weighted by Crippen LogP contribution is 2.32. The number of carbonyl (C=O) groups is 2. The van der Waals surface area contributed by atoms with Gasteiger partial charge in [-0.15, -0.1) is 0 Å². The number of amides is 2. The van der Waals surface area contributed by atoms with E-state index >= 15 is 0 Å². The lowest BCUT2D eigenvalue weighted by molar-refractivity contribution is -0.332. The molecule has 4 heterocycles. The quantitative estimate of drug-likeness (QED) is 0.0360. The third kappa shape index (κ3) is 16.1. The Morgan fingerprint density at radius 2 is 1.46 bits per heavy atom. The number of nitrogens with one attached hydrogen (secondary N) is 4. The third-order valence-corrected chi connectivity index (χ3v) is 13.0. The molecule has 76 heavy (non-hydrogen) atoms. The van der Waals surface area contributed by atoms with Crippen LogP contribution in [-0.4, -0.2) is 219 Å². The van der Waals surface area contributed by atoms with Crippen molar-refractivity contribution in [3.05, 3.63) is 41.2 Å². The number of aliphatic hydroxyl groups excluding tert-OH is 8. The summed E-state index contributed by atoms with van der Waals surface area (Å²) in [6.45, 7) is -0.898. The molecule has 36 heteroatoms. The van der Waals surface area contributed by atoms with Crippen LogP contribution in [0.4, 0.5) is 23.1 Å². The molecule has 28 N–H and O–H groups in total. The van der Waals surface area contributed by atoms with Gasteiger partial charge in [-0.25, -0.2) is 18.4 Å². The van der Waals surface area contributed by atoms with Crippen molar-refractivity contribution in [1.82, 2.24) is 30.6 Å². The number of guanidine groups is 1. The summed E-state index contributed by atoms with van der Waals surface area (Å²) < 4.78 is 59.1. The number of nitrogen functional groups attached to an aromatic ring is 3. The number of sulfonamides is 1. The van der Waals surface area contributed by atoms with Gasteiger partial charge in [0.15, 0.2) is 46.8 Å². The van der Waals surface area contributed by atoms with Crippen LogP contribution in [0.3, 0.4) is 0 Å². The second kappa shape index (κ2) is 28.0. The van der Waals surface area contributed by atoms with E-state index in [2.05, 4.69) is 30.0 Å². The highest BCUT2D eigenvalue weighted by molar-refractivity contribution is 7.92. The molecule has 1 aromatic carbocycles. The highest BCUT2D eigenvalue weighted by Gasteiger charge is 2.52. The lowest BCUT2D eigenvalue weighted by Crippen LogP contribution is -2.69. The van der Waals surface area contributed by atoms with Gasteiger partial charge in [-0.1, -0.05) is 11.6 Å². The summed E-state index contributed by atoms with van der Waals surface area (Å²) in [7, 11) is -1.02. The van der Waals surface area contributed by atoms with E-state index in [1.165, 1.54) is 44.6 Å². The van der Waals surface area contributed by atoms with Crippen LogP contribution in [0.1, 0.15) is 23.3 Å². The van der Waals surface area contributed by atoms with E-state index < -0.39 is 132 Å². The van der Waals surface area contributed by atoms with Gasteiger partial charge in [-0.3, -0.25) is 25.0 Å². The fourth-order valence-electron chi connectivity index (χ4n) is 7.35. The van der Waals surface area contributed by atoms with E-state index in [1.54, 1.807) is 0 Å². The van der Waals surface area contributed by atoms with Crippen LogP contribution in [0.15, 0.2) is 35.2 Å². The topological polar surface area (TPSA) is 605 Å². The molecule has 16 atom stereocenters. The average molecular weight is 1130 g/mol. The molecule has 0 unspecified atom stereocenters. The summed E-state index contributed by atoms with van der Waals surface area (Å²) >= 11 is 5.55. The number of anilines is 4. The number of aromatic nitrogens is 4. The zero-order valence-electron chi connectivity index (χ0n) is 40.5. The molecular weight excluding hydrogens is 1060 g/mol. The van der Waals surface area contributed by atoms with Crippen molar-refractivity contribution in [3.63, 3.8) is 0 Å². The minimum atomic E-state index is -3.79. The first kappa shape index (κ1) is 62.7. The molecule has 1 saturated carbocycles. The van der Waals surface area contributed by atoms with Gasteiger partial charge in [-0.2, -0.15) is 9.97 Å². The predicted octanol–water partition coefficient (Wildman–Crippen LogP) is -8.63. The van der Waals surface area contributed by atoms with Gasteiger partial charge in [-0.05, 0) is 43.7 Å². The monoisotopic (exact) mass is 1120 g/mol. The van der Waals surface area contributed by atoms with Gasteiger partial charge in [0, 0.05) is 24.3 Å². The van der Waals surface area contributed by atoms with Crippen molar-refractivity contribution in [2.75, 3.05) is 55.8 Å². The molecule has 2 aliphatic heterocycles. The molecule has 2 saturated heterocycles. The number of nitrogens with zero attached hydrogens (tertiary/aromatic N) is 4. The Labute approximate surface area is 437 Å². The van der Waals surface area contributed by atoms with Crippen LogP contribution in [0, 0.1) is 5.41 Å². The SMILES string of the molecule is COc1cc(NS(=O)(=O)c2ccc(N)cc2)nc(OC)n1.N=C(N)NC(=O)c1nc(Cl)c(N)nc1N.NCC[C@H](O)C(=O)N[C@@H]1C[C@H](N)[C@@H](O[C@H]2O[C@H](CN)[C@@H](O)[C@H](O)[C@H]2O)[C@H](O)[C@H]1O[C@H]1O[C@H](CO)[C@@H](O)[C@H](N)[C@H]1O. The maximum atomic E-state index is 12.6. The maximum absolute atomic E-state index is 12.6. The van der Waals surface area contributed by atoms with Crippen molar-refractivity contribution >= 4 is 62.5 Å². The van der Waals surface area contributed by atoms with E-state index in [9.17, 15) is 58.9 Å². The fourth-order valence-corrected chi connectivity index (χ4v) is 8.47. The van der Waals surface area contributed by atoms with E-state index in [0.717, 1.165) is 0 Å². The third-order valence-electron chi connectivity index (χ3n) is 11.4. The number of ether oxygens (including phenoxy) is 6. The molecule has 6 rings (SSSR count). The summed E-state index contributed by atoms with van der Waals surface area (Å²) in [4.78, 5) is 38.9. The molecule has 0 bridgehead atoms. The summed E-state index contributed by atoms with van der Waals surface area (Å²) in [5.41, 5.74) is 44.5. The Bertz CT molecular complexity index is 2490. The summed E-state index contributed by atoms with van der Waals surface area (Å²) in [5, 5.41) is 93.5. The van der Waals surface area contributed by atoms with Crippen LogP contribution in [-0.2, 0) is 33.8 Å². The molecule has 34 nitrogen and oxygen atoms in total. The van der Waals surface area contributed by atoms with Crippen molar-refractivity contribution in [2.45, 2.75) is 116 Å². The lowest BCUT2D eigenvalue weighted by atomic mass is 9.83. The Hall–Kier alpha value is -5.81. The lowest BCUT2D eigenvalue weighted by Gasteiger charge is -2.49. The zero-order valence-corrected chi connectivity index (χ0v) is 42.1. The second-order valence-electron chi connectivity index (χ2n) is 16.8. The molecule has 3 fully saturated rings. The molecule has 426 valence electrons. The molecule has 2 amide bonds. The van der Waals surface area contributed by atoms with Crippen LogP contribution < -0.4 is 70.7 Å². The summed E-state index contributed by atoms with van der Waals surface area (Å²) in [5.74, 6) is -2.19. The van der Waals surface area contributed by atoms with Gasteiger partial charge >= 0.3 is 6.01 Å². The van der Waals surface area contributed by atoms with E-state index in [4.69, 9.17) is 91.3 Å². The Morgan fingerprint density at radius 3 is 2.04 bits per heavy atom. The van der Waals surface area contributed by atoms with Crippen LogP contribution in [0.25, 0.3) is 0 Å². The van der Waals surface area contributed by atoms with Gasteiger partial charge < -0.3 is 120 Å². The van der Waals surface area contributed by atoms with E-state index in [1.807, 2.05) is 5.32 Å². The number of nitrogens with two attached hydrogens (primary N) is 8. The largest absolute Gasteiger partial charge is 0.481 e. The number of hydrogen-bond donors (Lipinski definition) is 20. The molecule has 3 aromatic rings. The predicted molar refractivity (Wildman–Crippen MR) is 263 cm³/mol. The minimum absolute atomic E-state index is 0.00986. The smallest absolute Gasteiger partial charge is 0.321 e. The van der Waals surface area contributed by atoms with E-state index in [0.29, 0.717) is 5.69 Å². The van der Waals surface area contributed by atoms with E-state index in [-0.39, 0.29) is 71.0 Å². The van der Waals surface area contributed by atoms with Crippen LogP contribution in [0.5, 0.6) is 11.9 Å². The number of carbonyl (C=O) groups excluding carboxylic acids is 2. The number of aliphatic hydroxyl groups is 8. The summed E-state index contributed by atoms with van der Waals surface area (Å²) in [6, 6.07) is 3.66. The molecule has 1 aliphatic carbocycles. The van der Waals surface area contributed by atoms with Gasteiger partial charge in [0.2, 0.25) is 11.8 Å². The highest BCUT2D eigenvalue weighted by atomic mass is 35.5. The minimum Gasteiger partial charge on any atom is -0.481 e. The number of rotatable bonds is 16. The number of methoxy groups -OCH3 is 2.